The minimum Gasteiger partial charge on any atom is -0.384 e. The Morgan fingerprint density at radius 3 is 2.41 bits per heavy atom. The summed E-state index contributed by atoms with van der Waals surface area (Å²) in [7, 11) is 0. The van der Waals surface area contributed by atoms with Crippen LogP contribution in [0.1, 0.15) is 15.9 Å². The first-order valence-electron chi connectivity index (χ1n) is 9.67. The third-order valence-corrected chi connectivity index (χ3v) is 6.48. The normalized spacial score (nSPS) is 34.2. The van der Waals surface area contributed by atoms with Crippen molar-refractivity contribution in [3.8, 4) is 0 Å². The molecule has 140 valence electrons. The van der Waals surface area contributed by atoms with Gasteiger partial charge in [-0.3, -0.25) is 4.79 Å². The molecule has 4 saturated heterocycles. The second kappa shape index (κ2) is 6.32. The SMILES string of the molecule is Nc1ccc(C(=O)NC2C3CN4CCN(C3)CC2(c2ccccc2)C4)cn1. The zero-order valence-corrected chi connectivity index (χ0v) is 15.3. The molecule has 0 spiro atoms. The molecule has 1 aromatic heterocycles. The number of nitrogens with one attached hydrogen (secondary N) is 1. The monoisotopic (exact) mass is 363 g/mol. The highest BCUT2D eigenvalue weighted by molar-refractivity contribution is 5.94. The molecule has 5 heterocycles. The van der Waals surface area contributed by atoms with E-state index in [2.05, 4.69) is 50.4 Å². The van der Waals surface area contributed by atoms with E-state index in [0.29, 0.717) is 17.3 Å². The molecule has 6 rings (SSSR count). The number of pyridine rings is 1. The van der Waals surface area contributed by atoms with Gasteiger partial charge in [0.05, 0.1) is 5.56 Å². The highest BCUT2D eigenvalue weighted by Crippen LogP contribution is 2.43. The summed E-state index contributed by atoms with van der Waals surface area (Å²) < 4.78 is 0. The van der Waals surface area contributed by atoms with Crippen molar-refractivity contribution < 1.29 is 4.79 Å². The molecule has 4 fully saturated rings. The molecular weight excluding hydrogens is 338 g/mol. The first kappa shape index (κ1) is 16.7. The largest absolute Gasteiger partial charge is 0.384 e. The van der Waals surface area contributed by atoms with Crippen molar-refractivity contribution in [1.82, 2.24) is 20.1 Å². The van der Waals surface area contributed by atoms with E-state index in [1.54, 1.807) is 18.3 Å². The number of carbonyl (C=O) groups is 1. The van der Waals surface area contributed by atoms with Gasteiger partial charge in [0, 0.05) is 62.8 Å². The third-order valence-electron chi connectivity index (χ3n) is 6.48. The van der Waals surface area contributed by atoms with Crippen LogP contribution in [-0.2, 0) is 5.41 Å². The number of piperidine rings is 2. The standard InChI is InChI=1S/C21H25N5O/c22-18-7-6-15(10-23-18)20(27)24-19-16-11-25-8-9-26(12-16)14-21(19,13-25)17-4-2-1-3-5-17/h1-7,10,16,19H,8-9,11-14H2,(H2,22,23)(H,24,27). The molecule has 3 atom stereocenters. The number of aromatic nitrogens is 1. The Balaban J connectivity index is 1.51. The molecule has 6 heteroatoms. The summed E-state index contributed by atoms with van der Waals surface area (Å²) in [5.74, 6) is 0.805. The van der Waals surface area contributed by atoms with E-state index in [4.69, 9.17) is 5.73 Å². The number of nitrogens with zero attached hydrogens (tertiary/aromatic N) is 3. The van der Waals surface area contributed by atoms with Crippen molar-refractivity contribution in [2.45, 2.75) is 11.5 Å². The Morgan fingerprint density at radius 1 is 1.07 bits per heavy atom. The molecule has 3 N–H and O–H groups in total. The Labute approximate surface area is 159 Å². The number of hydrogen-bond acceptors (Lipinski definition) is 5. The van der Waals surface area contributed by atoms with Crippen LogP contribution in [-0.4, -0.2) is 66.0 Å². The summed E-state index contributed by atoms with van der Waals surface area (Å²) in [4.78, 5) is 22.2. The van der Waals surface area contributed by atoms with Gasteiger partial charge in [0.15, 0.2) is 0 Å². The summed E-state index contributed by atoms with van der Waals surface area (Å²) in [5, 5.41) is 3.39. The molecule has 1 amide bonds. The quantitative estimate of drug-likeness (QED) is 0.850. The number of hydrogen-bond donors (Lipinski definition) is 2. The number of nitrogens with two attached hydrogens (primary N) is 1. The van der Waals surface area contributed by atoms with E-state index < -0.39 is 0 Å². The maximum absolute atomic E-state index is 13.0. The molecule has 3 unspecified atom stereocenters. The number of fused-ring (bicyclic) bond motifs is 1. The summed E-state index contributed by atoms with van der Waals surface area (Å²) in [5.41, 5.74) is 7.49. The highest BCUT2D eigenvalue weighted by atomic mass is 16.1. The second-order valence-corrected chi connectivity index (χ2v) is 8.18. The fourth-order valence-corrected chi connectivity index (χ4v) is 5.33. The maximum atomic E-state index is 13.0. The van der Waals surface area contributed by atoms with Crippen molar-refractivity contribution >= 4 is 11.7 Å². The summed E-state index contributed by atoms with van der Waals surface area (Å²) in [6.45, 7) is 6.33. The van der Waals surface area contributed by atoms with Crippen molar-refractivity contribution in [3.05, 3.63) is 59.8 Å². The lowest BCUT2D eigenvalue weighted by Gasteiger charge is -2.55. The van der Waals surface area contributed by atoms with Crippen LogP contribution in [0.5, 0.6) is 0 Å². The number of benzene rings is 1. The average molecular weight is 363 g/mol. The molecule has 4 bridgehead atoms. The number of nitrogen functional groups attached to an aromatic ring is 1. The topological polar surface area (TPSA) is 74.5 Å². The van der Waals surface area contributed by atoms with E-state index in [0.717, 1.165) is 39.3 Å². The van der Waals surface area contributed by atoms with E-state index in [1.165, 1.54) is 5.56 Å². The van der Waals surface area contributed by atoms with Gasteiger partial charge in [-0.1, -0.05) is 30.3 Å². The van der Waals surface area contributed by atoms with E-state index in [1.807, 2.05) is 0 Å². The van der Waals surface area contributed by atoms with Crippen LogP contribution in [0, 0.1) is 5.92 Å². The number of anilines is 1. The first-order valence-corrected chi connectivity index (χ1v) is 9.67. The Bertz CT molecular complexity index is 821. The van der Waals surface area contributed by atoms with Crippen LogP contribution >= 0.6 is 0 Å². The van der Waals surface area contributed by atoms with E-state index in [-0.39, 0.29) is 17.4 Å². The predicted octanol–water partition coefficient (Wildman–Crippen LogP) is 0.961. The molecule has 2 aromatic rings. The van der Waals surface area contributed by atoms with Crippen LogP contribution in [0.25, 0.3) is 0 Å². The summed E-state index contributed by atoms with van der Waals surface area (Å²) in [6, 6.07) is 14.3. The van der Waals surface area contributed by atoms with Gasteiger partial charge in [-0.25, -0.2) is 4.98 Å². The zero-order valence-electron chi connectivity index (χ0n) is 15.3. The van der Waals surface area contributed by atoms with Crippen molar-refractivity contribution in [2.24, 2.45) is 5.92 Å². The van der Waals surface area contributed by atoms with Gasteiger partial charge in [0.2, 0.25) is 0 Å². The van der Waals surface area contributed by atoms with Crippen molar-refractivity contribution in [1.29, 1.82) is 0 Å². The number of amides is 1. The second-order valence-electron chi connectivity index (χ2n) is 8.18. The number of rotatable bonds is 3. The fraction of sp³-hybridized carbons (Fsp3) is 0.429. The number of carbonyl (C=O) groups excluding carboxylic acids is 1. The molecule has 1 aromatic carbocycles. The minimum atomic E-state index is -0.0736. The van der Waals surface area contributed by atoms with Crippen LogP contribution < -0.4 is 11.1 Å². The summed E-state index contributed by atoms with van der Waals surface area (Å²) >= 11 is 0. The van der Waals surface area contributed by atoms with Gasteiger partial charge in [0.25, 0.3) is 5.91 Å². The van der Waals surface area contributed by atoms with Gasteiger partial charge in [0.1, 0.15) is 5.82 Å². The predicted molar refractivity (Wildman–Crippen MR) is 104 cm³/mol. The van der Waals surface area contributed by atoms with Crippen molar-refractivity contribution in [3.63, 3.8) is 0 Å². The molecule has 27 heavy (non-hydrogen) atoms. The molecule has 0 aliphatic carbocycles. The van der Waals surface area contributed by atoms with E-state index in [9.17, 15) is 4.79 Å². The third kappa shape index (κ3) is 2.80. The molecule has 0 radical (unpaired) electrons. The van der Waals surface area contributed by atoms with Gasteiger partial charge < -0.3 is 20.9 Å². The van der Waals surface area contributed by atoms with Crippen LogP contribution in [0.4, 0.5) is 5.82 Å². The average Bonchev–Trinajstić information content (AvgIpc) is 2.94. The van der Waals surface area contributed by atoms with Crippen LogP contribution in [0.3, 0.4) is 0 Å². The highest BCUT2D eigenvalue weighted by Gasteiger charge is 2.55. The van der Waals surface area contributed by atoms with E-state index >= 15 is 0 Å². The van der Waals surface area contributed by atoms with Gasteiger partial charge in [-0.2, -0.15) is 0 Å². The summed E-state index contributed by atoms with van der Waals surface area (Å²) in [6.07, 6.45) is 1.56. The maximum Gasteiger partial charge on any atom is 0.253 e. The molecular formula is C21H25N5O. The van der Waals surface area contributed by atoms with Gasteiger partial charge in [-0.15, -0.1) is 0 Å². The Kier molecular flexibility index (Phi) is 3.91. The lowest BCUT2D eigenvalue weighted by Crippen LogP contribution is -2.70. The lowest BCUT2D eigenvalue weighted by molar-refractivity contribution is 0.0180. The van der Waals surface area contributed by atoms with Gasteiger partial charge in [-0.05, 0) is 17.7 Å². The zero-order chi connectivity index (χ0) is 18.4. The fourth-order valence-electron chi connectivity index (χ4n) is 5.33. The lowest BCUT2D eigenvalue weighted by atomic mass is 9.64. The smallest absolute Gasteiger partial charge is 0.253 e. The molecule has 6 nitrogen and oxygen atoms in total. The molecule has 4 aliphatic heterocycles. The van der Waals surface area contributed by atoms with Crippen LogP contribution in [0.2, 0.25) is 0 Å². The molecule has 4 aliphatic rings. The first-order chi connectivity index (χ1) is 13.1. The minimum absolute atomic E-state index is 0.0565. The Morgan fingerprint density at radius 2 is 1.78 bits per heavy atom. The Hall–Kier alpha value is -2.44. The van der Waals surface area contributed by atoms with Gasteiger partial charge >= 0.3 is 0 Å². The van der Waals surface area contributed by atoms with Crippen molar-refractivity contribution in [2.75, 3.05) is 45.0 Å². The van der Waals surface area contributed by atoms with Crippen LogP contribution in [0.15, 0.2) is 48.7 Å². The molecule has 0 saturated carbocycles.